The summed E-state index contributed by atoms with van der Waals surface area (Å²) in [6.07, 6.45) is 0.0174. The van der Waals surface area contributed by atoms with Gasteiger partial charge in [0, 0.05) is 27.9 Å². The van der Waals surface area contributed by atoms with E-state index in [1.54, 1.807) is 0 Å². The number of thioether (sulfide) groups is 1. The number of carbonyl (C=O) groups is 2. The van der Waals surface area contributed by atoms with Gasteiger partial charge in [0.05, 0.1) is 24.0 Å². The van der Waals surface area contributed by atoms with Crippen molar-refractivity contribution in [3.05, 3.63) is 39.9 Å². The Morgan fingerprint density at radius 2 is 1.90 bits per heavy atom. The summed E-state index contributed by atoms with van der Waals surface area (Å²) in [6.45, 7) is 5.85. The summed E-state index contributed by atoms with van der Waals surface area (Å²) in [7, 11) is 0. The predicted octanol–water partition coefficient (Wildman–Crippen LogP) is 3.27. The monoisotopic (exact) mass is 438 g/mol. The second-order valence-corrected chi connectivity index (χ2v) is 9.05. The van der Waals surface area contributed by atoms with Crippen molar-refractivity contribution in [1.82, 2.24) is 0 Å². The van der Waals surface area contributed by atoms with E-state index in [1.807, 2.05) is 45.0 Å². The molecule has 0 saturated heterocycles. The molecule has 0 spiro atoms. The van der Waals surface area contributed by atoms with Gasteiger partial charge >= 0.3 is 5.97 Å². The maximum atomic E-state index is 12.1. The zero-order valence-corrected chi connectivity index (χ0v) is 18.3. The van der Waals surface area contributed by atoms with E-state index in [0.29, 0.717) is 12.8 Å². The van der Waals surface area contributed by atoms with Gasteiger partial charge in [0.15, 0.2) is 0 Å². The van der Waals surface area contributed by atoms with Crippen LogP contribution in [-0.2, 0) is 14.3 Å². The second kappa shape index (κ2) is 10.8. The number of carboxylic acid groups (broad SMARTS) is 1. The molecule has 1 amide bonds. The molecule has 30 heavy (non-hydrogen) atoms. The third kappa shape index (κ3) is 5.95. The number of nitro groups is 1. The zero-order chi connectivity index (χ0) is 22.4. The van der Waals surface area contributed by atoms with Crippen molar-refractivity contribution in [2.24, 2.45) is 17.6 Å². The van der Waals surface area contributed by atoms with Crippen LogP contribution in [0.15, 0.2) is 29.2 Å². The minimum Gasteiger partial charge on any atom is -0.481 e. The molecule has 1 saturated carbocycles. The first-order valence-electron chi connectivity index (χ1n) is 10.2. The van der Waals surface area contributed by atoms with Crippen molar-refractivity contribution in [3.8, 4) is 0 Å². The average molecular weight is 439 g/mol. The lowest BCUT2D eigenvalue weighted by atomic mass is 9.74. The molecule has 0 heterocycles. The van der Waals surface area contributed by atoms with Crippen molar-refractivity contribution in [2.45, 2.75) is 74.8 Å². The molecule has 1 aromatic carbocycles. The van der Waals surface area contributed by atoms with E-state index in [9.17, 15) is 24.8 Å². The molecule has 1 aliphatic rings. The van der Waals surface area contributed by atoms with E-state index in [0.717, 1.165) is 10.5 Å². The molecule has 9 heteroatoms. The first-order chi connectivity index (χ1) is 14.2. The lowest BCUT2D eigenvalue weighted by Crippen LogP contribution is -2.56. The number of ether oxygens (including phenoxy) is 1. The largest absolute Gasteiger partial charge is 0.481 e. The molecular formula is C21H30N2O6S. The molecule has 0 aromatic heterocycles. The number of aliphatic carboxylic acids is 1. The number of benzene rings is 1. The van der Waals surface area contributed by atoms with Crippen LogP contribution < -0.4 is 5.73 Å². The maximum absolute atomic E-state index is 12.1. The average Bonchev–Trinajstić information content (AvgIpc) is 2.68. The Balaban J connectivity index is 2.50. The molecule has 166 valence electrons. The zero-order valence-electron chi connectivity index (χ0n) is 17.5. The maximum Gasteiger partial charge on any atom is 0.308 e. The van der Waals surface area contributed by atoms with Gasteiger partial charge in [0.2, 0.25) is 11.9 Å². The van der Waals surface area contributed by atoms with Crippen molar-refractivity contribution < 1.29 is 24.4 Å². The van der Waals surface area contributed by atoms with E-state index < -0.39 is 46.0 Å². The van der Waals surface area contributed by atoms with Crippen molar-refractivity contribution in [1.29, 1.82) is 0 Å². The topological polar surface area (TPSA) is 133 Å². The number of carbonyl (C=O) groups excluding carboxylic acids is 1. The molecule has 0 aliphatic heterocycles. The quantitative estimate of drug-likeness (QED) is 0.423. The second-order valence-electron chi connectivity index (χ2n) is 7.80. The highest BCUT2D eigenvalue weighted by Crippen LogP contribution is 2.44. The molecule has 8 nitrogen and oxygen atoms in total. The number of hydrogen-bond donors (Lipinski definition) is 2. The van der Waals surface area contributed by atoms with E-state index in [4.69, 9.17) is 10.5 Å². The lowest BCUT2D eigenvalue weighted by Gasteiger charge is -2.43. The first kappa shape index (κ1) is 24.1. The van der Waals surface area contributed by atoms with Gasteiger partial charge in [-0.3, -0.25) is 19.7 Å². The Labute approximate surface area is 180 Å². The number of nitrogens with two attached hydrogens (primary N) is 1. The molecule has 1 aromatic rings. The fourth-order valence-corrected chi connectivity index (χ4v) is 5.43. The van der Waals surface area contributed by atoms with Crippen molar-refractivity contribution in [3.63, 3.8) is 0 Å². The molecule has 1 fully saturated rings. The van der Waals surface area contributed by atoms with E-state index >= 15 is 0 Å². The molecule has 1 aliphatic carbocycles. The van der Waals surface area contributed by atoms with Crippen LogP contribution in [0.4, 0.5) is 0 Å². The van der Waals surface area contributed by atoms with Crippen LogP contribution in [0.5, 0.6) is 0 Å². The van der Waals surface area contributed by atoms with E-state index in [-0.39, 0.29) is 18.9 Å². The summed E-state index contributed by atoms with van der Waals surface area (Å²) in [5.41, 5.74) is 6.48. The highest BCUT2D eigenvalue weighted by molar-refractivity contribution is 8.00. The number of primary amides is 1. The van der Waals surface area contributed by atoms with Crippen LogP contribution >= 0.6 is 11.8 Å². The van der Waals surface area contributed by atoms with E-state index in [2.05, 4.69) is 0 Å². The minimum atomic E-state index is -1.20. The van der Waals surface area contributed by atoms with Crippen LogP contribution in [0.3, 0.4) is 0 Å². The first-order valence-corrected chi connectivity index (χ1v) is 11.1. The summed E-state index contributed by atoms with van der Waals surface area (Å²) in [5, 5.41) is 21.1. The Kier molecular flexibility index (Phi) is 8.66. The molecule has 3 N–H and O–H groups in total. The number of amides is 1. The number of carboxylic acids is 1. The van der Waals surface area contributed by atoms with Crippen LogP contribution in [-0.4, -0.2) is 45.4 Å². The fourth-order valence-electron chi connectivity index (χ4n) is 4.03. The summed E-state index contributed by atoms with van der Waals surface area (Å²) in [4.78, 5) is 36.0. The van der Waals surface area contributed by atoms with Crippen molar-refractivity contribution >= 4 is 23.6 Å². The van der Waals surface area contributed by atoms with Gasteiger partial charge in [-0.25, -0.2) is 0 Å². The fraction of sp³-hybridized carbons (Fsp3) is 0.619. The Morgan fingerprint density at radius 3 is 2.37 bits per heavy atom. The van der Waals surface area contributed by atoms with Crippen LogP contribution in [0.2, 0.25) is 0 Å². The summed E-state index contributed by atoms with van der Waals surface area (Å²) < 4.78 is 6.28. The normalized spacial score (nSPS) is 26.5. The molecule has 0 bridgehead atoms. The molecule has 5 unspecified atom stereocenters. The SMILES string of the molecule is CCC(CC)OC1C(CC(N)=O)C([N+](=O)[O-])CC(C(=O)O)C1Sc1ccc(C)cc1. The summed E-state index contributed by atoms with van der Waals surface area (Å²) in [5.74, 6) is -3.51. The van der Waals surface area contributed by atoms with Crippen LogP contribution in [0.25, 0.3) is 0 Å². The van der Waals surface area contributed by atoms with Gasteiger partial charge in [-0.15, -0.1) is 11.8 Å². The Bertz CT molecular complexity index is 752. The lowest BCUT2D eigenvalue weighted by molar-refractivity contribution is -0.540. The molecular weight excluding hydrogens is 408 g/mol. The van der Waals surface area contributed by atoms with Crippen LogP contribution in [0.1, 0.15) is 45.1 Å². The highest BCUT2D eigenvalue weighted by Gasteiger charge is 2.54. The van der Waals surface area contributed by atoms with Gasteiger partial charge in [-0.1, -0.05) is 31.5 Å². The number of aryl methyl sites for hydroxylation is 1. The highest BCUT2D eigenvalue weighted by atomic mass is 32.2. The smallest absolute Gasteiger partial charge is 0.308 e. The minimum absolute atomic E-state index is 0.160. The van der Waals surface area contributed by atoms with Gasteiger partial charge in [0.25, 0.3) is 0 Å². The predicted molar refractivity (Wildman–Crippen MR) is 114 cm³/mol. The molecule has 5 atom stereocenters. The van der Waals surface area contributed by atoms with Gasteiger partial charge in [-0.2, -0.15) is 0 Å². The van der Waals surface area contributed by atoms with Crippen molar-refractivity contribution in [2.75, 3.05) is 0 Å². The third-order valence-electron chi connectivity index (χ3n) is 5.71. The summed E-state index contributed by atoms with van der Waals surface area (Å²) in [6, 6.07) is 6.45. The van der Waals surface area contributed by atoms with E-state index in [1.165, 1.54) is 11.8 Å². The Morgan fingerprint density at radius 1 is 1.30 bits per heavy atom. The summed E-state index contributed by atoms with van der Waals surface area (Å²) >= 11 is 1.34. The number of rotatable bonds is 10. The Hall–Kier alpha value is -2.13. The van der Waals surface area contributed by atoms with Gasteiger partial charge < -0.3 is 15.6 Å². The van der Waals surface area contributed by atoms with Gasteiger partial charge in [-0.05, 0) is 31.9 Å². The van der Waals surface area contributed by atoms with Gasteiger partial charge in [0.1, 0.15) is 0 Å². The third-order valence-corrected chi connectivity index (χ3v) is 7.12. The van der Waals surface area contributed by atoms with Crippen LogP contribution in [0, 0.1) is 28.9 Å². The number of nitrogens with zero attached hydrogens (tertiary/aromatic N) is 1. The molecule has 0 radical (unpaired) electrons. The standard InChI is InChI=1S/C21H30N2O6S/c1-4-13(5-2)29-19-15(11-18(22)24)17(23(27)28)10-16(21(25)26)20(19)30-14-8-6-12(3)7-9-14/h6-9,13,15-17,19-20H,4-5,10-11H2,1-3H3,(H2,22,24)(H,25,26). The molecule has 2 rings (SSSR count). The number of hydrogen-bond acceptors (Lipinski definition) is 6.